The highest BCUT2D eigenvalue weighted by Crippen LogP contribution is 2.06. The van der Waals surface area contributed by atoms with E-state index in [-0.39, 0.29) is 5.91 Å². The Labute approximate surface area is 112 Å². The summed E-state index contributed by atoms with van der Waals surface area (Å²) >= 11 is 0. The van der Waals surface area contributed by atoms with Crippen LogP contribution in [-0.4, -0.2) is 18.0 Å². The molecule has 0 radical (unpaired) electrons. The molecule has 0 unspecified atom stereocenters. The maximum Gasteiger partial charge on any atom is 0.251 e. The molecule has 0 fully saturated rings. The molecule has 1 aromatic carbocycles. The number of rotatable bonds is 5. The van der Waals surface area contributed by atoms with Gasteiger partial charge in [-0.25, -0.2) is 0 Å². The zero-order valence-corrected chi connectivity index (χ0v) is 10.8. The first-order chi connectivity index (χ1) is 9.29. The lowest BCUT2D eigenvalue weighted by atomic mass is 10.1. The van der Waals surface area contributed by atoms with Crippen LogP contribution < -0.4 is 5.32 Å². The molecular weight excluding hydrogens is 240 g/mol. The summed E-state index contributed by atoms with van der Waals surface area (Å²) in [5.74, 6) is -0.108. The molecule has 0 atom stereocenters. The van der Waals surface area contributed by atoms with Crippen LogP contribution in [0, 0.1) is 0 Å². The van der Waals surface area contributed by atoms with Crippen molar-refractivity contribution in [3.8, 4) is 0 Å². The lowest BCUT2D eigenvalue weighted by molar-refractivity contribution is 0.0950. The Morgan fingerprint density at radius 2 is 2.16 bits per heavy atom. The van der Waals surface area contributed by atoms with Gasteiger partial charge in [0.2, 0.25) is 0 Å². The minimum atomic E-state index is -0.108. The van der Waals surface area contributed by atoms with Crippen LogP contribution in [0.1, 0.15) is 21.6 Å². The summed E-state index contributed by atoms with van der Waals surface area (Å²) in [6.45, 7) is 0.926. The first-order valence-corrected chi connectivity index (χ1v) is 6.05. The van der Waals surface area contributed by atoms with Gasteiger partial charge in [0.25, 0.3) is 5.91 Å². The van der Waals surface area contributed by atoms with Crippen LogP contribution >= 0.6 is 0 Å². The average molecular weight is 256 g/mol. The summed E-state index contributed by atoms with van der Waals surface area (Å²) in [7, 11) is 1.63. The molecule has 0 spiro atoms. The number of nitrogens with one attached hydrogen (secondary N) is 1. The summed E-state index contributed by atoms with van der Waals surface area (Å²) < 4.78 is 5.05. The van der Waals surface area contributed by atoms with Gasteiger partial charge in [0.1, 0.15) is 0 Å². The molecule has 0 saturated carbocycles. The standard InChI is InChI=1S/C15H16N2O2/c1-19-11-12-5-4-6-13(9-12)15(18)17-10-14-7-2-3-8-16-14/h2-9H,10-11H2,1H3,(H,17,18). The maximum absolute atomic E-state index is 12.0. The van der Waals surface area contributed by atoms with Gasteiger partial charge in [0.15, 0.2) is 0 Å². The lowest BCUT2D eigenvalue weighted by Crippen LogP contribution is -2.23. The molecule has 2 rings (SSSR count). The summed E-state index contributed by atoms with van der Waals surface area (Å²) in [4.78, 5) is 16.2. The molecule has 4 heteroatoms. The highest BCUT2D eigenvalue weighted by Gasteiger charge is 2.06. The van der Waals surface area contributed by atoms with Crippen molar-refractivity contribution in [3.63, 3.8) is 0 Å². The first-order valence-electron chi connectivity index (χ1n) is 6.05. The van der Waals surface area contributed by atoms with E-state index < -0.39 is 0 Å². The molecule has 0 aliphatic heterocycles. The molecule has 1 amide bonds. The molecule has 1 N–H and O–H groups in total. The predicted octanol–water partition coefficient (Wildman–Crippen LogP) is 2.16. The third-order valence-corrected chi connectivity index (χ3v) is 2.66. The third-order valence-electron chi connectivity index (χ3n) is 2.66. The second-order valence-electron chi connectivity index (χ2n) is 4.14. The van der Waals surface area contributed by atoms with Crippen LogP contribution in [0.5, 0.6) is 0 Å². The van der Waals surface area contributed by atoms with Crippen molar-refractivity contribution >= 4 is 5.91 Å². The van der Waals surface area contributed by atoms with E-state index in [0.717, 1.165) is 11.3 Å². The number of ether oxygens (including phenoxy) is 1. The number of nitrogens with zero attached hydrogens (tertiary/aromatic N) is 1. The number of benzene rings is 1. The van der Waals surface area contributed by atoms with Gasteiger partial charge in [-0.05, 0) is 29.8 Å². The van der Waals surface area contributed by atoms with Crippen molar-refractivity contribution in [3.05, 3.63) is 65.5 Å². The molecule has 98 valence electrons. The molecular formula is C15H16N2O2. The quantitative estimate of drug-likeness (QED) is 0.891. The van der Waals surface area contributed by atoms with Crippen molar-refractivity contribution in [2.75, 3.05) is 7.11 Å². The molecule has 4 nitrogen and oxygen atoms in total. The van der Waals surface area contributed by atoms with Gasteiger partial charge in [-0.2, -0.15) is 0 Å². The van der Waals surface area contributed by atoms with E-state index in [9.17, 15) is 4.79 Å². The highest BCUT2D eigenvalue weighted by molar-refractivity contribution is 5.94. The molecule has 2 aromatic rings. The topological polar surface area (TPSA) is 51.2 Å². The summed E-state index contributed by atoms with van der Waals surface area (Å²) in [6.07, 6.45) is 1.71. The summed E-state index contributed by atoms with van der Waals surface area (Å²) in [6, 6.07) is 13.0. The fraction of sp³-hybridized carbons (Fsp3) is 0.200. The van der Waals surface area contributed by atoms with E-state index in [1.807, 2.05) is 36.4 Å². The zero-order valence-electron chi connectivity index (χ0n) is 10.8. The normalized spacial score (nSPS) is 10.2. The van der Waals surface area contributed by atoms with E-state index in [4.69, 9.17) is 4.74 Å². The number of hydrogen-bond acceptors (Lipinski definition) is 3. The molecule has 0 aliphatic rings. The second kappa shape index (κ2) is 6.66. The van der Waals surface area contributed by atoms with Crippen molar-refractivity contribution in [1.82, 2.24) is 10.3 Å². The smallest absolute Gasteiger partial charge is 0.251 e. The van der Waals surface area contributed by atoms with E-state index in [1.54, 1.807) is 19.4 Å². The Balaban J connectivity index is 1.98. The largest absolute Gasteiger partial charge is 0.380 e. The number of carbonyl (C=O) groups is 1. The van der Waals surface area contributed by atoms with Crippen molar-refractivity contribution in [2.24, 2.45) is 0 Å². The van der Waals surface area contributed by atoms with Crippen molar-refractivity contribution in [1.29, 1.82) is 0 Å². The van der Waals surface area contributed by atoms with E-state index in [1.165, 1.54) is 0 Å². The Morgan fingerprint density at radius 1 is 1.26 bits per heavy atom. The fourth-order valence-electron chi connectivity index (χ4n) is 1.74. The fourth-order valence-corrected chi connectivity index (χ4v) is 1.74. The molecule has 1 aromatic heterocycles. The predicted molar refractivity (Wildman–Crippen MR) is 72.6 cm³/mol. The molecule has 0 bridgehead atoms. The van der Waals surface area contributed by atoms with Crippen LogP contribution in [0.25, 0.3) is 0 Å². The van der Waals surface area contributed by atoms with Gasteiger partial charge in [0, 0.05) is 18.9 Å². The monoisotopic (exact) mass is 256 g/mol. The van der Waals surface area contributed by atoms with Crippen molar-refractivity contribution in [2.45, 2.75) is 13.2 Å². The lowest BCUT2D eigenvalue weighted by Gasteiger charge is -2.06. The molecule has 19 heavy (non-hydrogen) atoms. The second-order valence-corrected chi connectivity index (χ2v) is 4.14. The van der Waals surface area contributed by atoms with Gasteiger partial charge >= 0.3 is 0 Å². The first kappa shape index (κ1) is 13.2. The Morgan fingerprint density at radius 3 is 2.89 bits per heavy atom. The number of pyridine rings is 1. The number of carbonyl (C=O) groups excluding carboxylic acids is 1. The minimum absolute atomic E-state index is 0.108. The van der Waals surface area contributed by atoms with E-state index in [2.05, 4.69) is 10.3 Å². The Hall–Kier alpha value is -2.20. The Bertz CT molecular complexity index is 541. The van der Waals surface area contributed by atoms with Crippen LogP contribution in [0.4, 0.5) is 0 Å². The maximum atomic E-state index is 12.0. The number of methoxy groups -OCH3 is 1. The Kier molecular flexibility index (Phi) is 4.64. The van der Waals surface area contributed by atoms with Gasteiger partial charge in [0.05, 0.1) is 18.8 Å². The van der Waals surface area contributed by atoms with Gasteiger partial charge in [-0.3, -0.25) is 9.78 Å². The van der Waals surface area contributed by atoms with Gasteiger partial charge < -0.3 is 10.1 Å². The molecule has 1 heterocycles. The molecule has 0 saturated heterocycles. The van der Waals surface area contributed by atoms with Crippen LogP contribution in [0.3, 0.4) is 0 Å². The van der Waals surface area contributed by atoms with Gasteiger partial charge in [-0.15, -0.1) is 0 Å². The van der Waals surface area contributed by atoms with Crippen LogP contribution in [0.2, 0.25) is 0 Å². The van der Waals surface area contributed by atoms with E-state index in [0.29, 0.717) is 18.7 Å². The minimum Gasteiger partial charge on any atom is -0.380 e. The SMILES string of the molecule is COCc1cccc(C(=O)NCc2ccccn2)c1. The summed E-state index contributed by atoms with van der Waals surface area (Å²) in [5.41, 5.74) is 2.45. The number of hydrogen-bond donors (Lipinski definition) is 1. The average Bonchev–Trinajstić information content (AvgIpc) is 2.46. The third kappa shape index (κ3) is 3.89. The highest BCUT2D eigenvalue weighted by atomic mass is 16.5. The van der Waals surface area contributed by atoms with Gasteiger partial charge in [-0.1, -0.05) is 18.2 Å². The van der Waals surface area contributed by atoms with Crippen LogP contribution in [-0.2, 0) is 17.9 Å². The van der Waals surface area contributed by atoms with Crippen molar-refractivity contribution < 1.29 is 9.53 Å². The number of amides is 1. The number of aromatic nitrogens is 1. The van der Waals surface area contributed by atoms with Crippen LogP contribution in [0.15, 0.2) is 48.7 Å². The zero-order chi connectivity index (χ0) is 13.5. The summed E-state index contributed by atoms with van der Waals surface area (Å²) in [5, 5.41) is 2.84. The van der Waals surface area contributed by atoms with E-state index >= 15 is 0 Å². The molecule has 0 aliphatic carbocycles.